The van der Waals surface area contributed by atoms with Crippen LogP contribution >= 0.6 is 24.8 Å². The highest BCUT2D eigenvalue weighted by molar-refractivity contribution is 5.95. The van der Waals surface area contributed by atoms with E-state index in [2.05, 4.69) is 15.7 Å². The van der Waals surface area contributed by atoms with Crippen LogP contribution in [0.25, 0.3) is 11.3 Å². The number of nitrogens with zero attached hydrogens (tertiary/aromatic N) is 3. The molecule has 2 N–H and O–H groups in total. The van der Waals surface area contributed by atoms with Gasteiger partial charge in [-0.2, -0.15) is 18.3 Å². The smallest absolute Gasteiger partial charge is 0.410 e. The number of amides is 1. The first-order valence-corrected chi connectivity index (χ1v) is 12.1. The van der Waals surface area contributed by atoms with Crippen LogP contribution in [0.4, 0.5) is 23.4 Å². The normalized spacial score (nSPS) is 18.5. The molecule has 5 rings (SSSR count). The Morgan fingerprint density at radius 3 is 2.33 bits per heavy atom. The van der Waals surface area contributed by atoms with Gasteiger partial charge in [-0.15, -0.1) is 24.8 Å². The highest BCUT2D eigenvalue weighted by Gasteiger charge is 2.46. The van der Waals surface area contributed by atoms with E-state index in [0.29, 0.717) is 43.2 Å². The largest absolute Gasteiger partial charge is 0.493 e. The number of hydrogen-bond donors (Lipinski definition) is 2. The number of piperazine rings is 1. The van der Waals surface area contributed by atoms with Gasteiger partial charge in [0.2, 0.25) is 0 Å². The van der Waals surface area contributed by atoms with Crippen molar-refractivity contribution in [3.63, 3.8) is 0 Å². The lowest BCUT2D eigenvalue weighted by Crippen LogP contribution is -2.46. The van der Waals surface area contributed by atoms with E-state index in [9.17, 15) is 22.4 Å². The lowest BCUT2D eigenvalue weighted by Gasteiger charge is -2.33. The Morgan fingerprint density at radius 2 is 1.70 bits per heavy atom. The Bertz CT molecular complexity index is 1350. The van der Waals surface area contributed by atoms with Gasteiger partial charge in [-0.1, -0.05) is 12.1 Å². The third kappa shape index (κ3) is 6.08. The highest BCUT2D eigenvalue weighted by atomic mass is 35.5. The molecule has 218 valence electrons. The third-order valence-corrected chi connectivity index (χ3v) is 6.90. The number of nitrogens with one attached hydrogen (secondary N) is 2. The number of hydrogen-bond acceptors (Lipinski definition) is 6. The first-order valence-electron chi connectivity index (χ1n) is 12.1. The van der Waals surface area contributed by atoms with Gasteiger partial charge in [0.15, 0.2) is 17.5 Å². The van der Waals surface area contributed by atoms with Crippen molar-refractivity contribution in [2.75, 3.05) is 45.7 Å². The molecule has 2 aliphatic heterocycles. The summed E-state index contributed by atoms with van der Waals surface area (Å²) in [5.41, 5.74) is 0.939. The molecule has 0 spiro atoms. The van der Waals surface area contributed by atoms with E-state index in [1.807, 2.05) is 0 Å². The molecule has 2 aliphatic rings. The molecule has 1 amide bonds. The lowest BCUT2D eigenvalue weighted by molar-refractivity contribution is -0.173. The second-order valence-electron chi connectivity index (χ2n) is 9.20. The summed E-state index contributed by atoms with van der Waals surface area (Å²) in [6.07, 6.45) is -4.88. The van der Waals surface area contributed by atoms with Crippen LogP contribution < -0.4 is 20.1 Å². The van der Waals surface area contributed by atoms with Crippen LogP contribution in [-0.4, -0.2) is 67.2 Å². The van der Waals surface area contributed by atoms with E-state index >= 15 is 0 Å². The van der Waals surface area contributed by atoms with Gasteiger partial charge in [-0.05, 0) is 29.8 Å². The average molecular weight is 606 g/mol. The van der Waals surface area contributed by atoms with Gasteiger partial charge in [-0.25, -0.2) is 9.07 Å². The number of ether oxygens (including phenoxy) is 2. The van der Waals surface area contributed by atoms with Gasteiger partial charge in [0.25, 0.3) is 5.91 Å². The molecule has 1 aromatic heterocycles. The Morgan fingerprint density at radius 1 is 1.00 bits per heavy atom. The van der Waals surface area contributed by atoms with Crippen LogP contribution in [0.15, 0.2) is 42.5 Å². The molecule has 0 aliphatic carbocycles. The molecule has 1 fully saturated rings. The average Bonchev–Trinajstić information content (AvgIpc) is 3.36. The lowest BCUT2D eigenvalue weighted by atomic mass is 9.96. The summed E-state index contributed by atoms with van der Waals surface area (Å²) < 4.78 is 68.8. The number of rotatable bonds is 5. The number of fused-ring (bicyclic) bond motifs is 1. The number of methoxy groups -OCH3 is 2. The van der Waals surface area contributed by atoms with Gasteiger partial charge in [0.1, 0.15) is 11.6 Å². The topological polar surface area (TPSA) is 80.7 Å². The molecular formula is C26H29Cl2F4N5O3. The Hall–Kier alpha value is -3.22. The molecule has 2 atom stereocenters. The standard InChI is InChI=1S/C26H27F4N5O3.2ClH/c1-37-21-6-4-16(12-22(21)38-2)19-13-23(26(28,29)30)35-24(32-19)14-20(33-35)15-3-5-17(18(27)11-15)25(36)34-9-7-31-8-10-34;;/h3-6,11-12,14,19,23,31-32H,7-10,13H2,1-2H3;2*1H/t19-,23+;;/m0../s1. The maximum atomic E-state index is 15.0. The molecule has 14 heteroatoms. The molecule has 1 saturated heterocycles. The predicted octanol–water partition coefficient (Wildman–Crippen LogP) is 5.26. The van der Waals surface area contributed by atoms with Gasteiger partial charge < -0.3 is 25.0 Å². The van der Waals surface area contributed by atoms with Crippen molar-refractivity contribution in [3.05, 3.63) is 59.4 Å². The molecule has 3 aromatic rings. The molecular weight excluding hydrogens is 577 g/mol. The van der Waals surface area contributed by atoms with E-state index in [0.717, 1.165) is 10.7 Å². The summed E-state index contributed by atoms with van der Waals surface area (Å²) in [5, 5.41) is 10.4. The molecule has 3 heterocycles. The van der Waals surface area contributed by atoms with Gasteiger partial charge in [0.05, 0.1) is 31.5 Å². The Kier molecular flexibility index (Phi) is 9.81. The van der Waals surface area contributed by atoms with Crippen molar-refractivity contribution >= 4 is 36.5 Å². The fourth-order valence-corrected chi connectivity index (χ4v) is 4.89. The molecule has 40 heavy (non-hydrogen) atoms. The van der Waals surface area contributed by atoms with Crippen molar-refractivity contribution in [2.24, 2.45) is 0 Å². The minimum absolute atomic E-state index is 0. The summed E-state index contributed by atoms with van der Waals surface area (Å²) in [5.74, 6) is -0.153. The van der Waals surface area contributed by atoms with Gasteiger partial charge in [-0.3, -0.25) is 4.79 Å². The number of alkyl halides is 3. The number of carbonyl (C=O) groups is 1. The summed E-state index contributed by atoms with van der Waals surface area (Å²) in [6.45, 7) is 2.20. The first-order chi connectivity index (χ1) is 18.2. The van der Waals surface area contributed by atoms with Crippen molar-refractivity contribution < 1.29 is 31.8 Å². The summed E-state index contributed by atoms with van der Waals surface area (Å²) in [6, 6.07) is 7.83. The predicted molar refractivity (Wildman–Crippen MR) is 147 cm³/mol. The number of anilines is 1. The van der Waals surface area contributed by atoms with Crippen LogP contribution in [-0.2, 0) is 0 Å². The zero-order valence-corrected chi connectivity index (χ0v) is 23.3. The Labute approximate surface area is 240 Å². The number of benzene rings is 2. The minimum atomic E-state index is -4.57. The van der Waals surface area contributed by atoms with Crippen molar-refractivity contribution in [1.29, 1.82) is 0 Å². The zero-order valence-electron chi connectivity index (χ0n) is 21.6. The quantitative estimate of drug-likeness (QED) is 0.386. The number of carbonyl (C=O) groups excluding carboxylic acids is 1. The summed E-state index contributed by atoms with van der Waals surface area (Å²) in [7, 11) is 2.93. The molecule has 8 nitrogen and oxygen atoms in total. The maximum absolute atomic E-state index is 15.0. The third-order valence-electron chi connectivity index (χ3n) is 6.90. The molecule has 2 aromatic carbocycles. The first kappa shape index (κ1) is 31.3. The fourth-order valence-electron chi connectivity index (χ4n) is 4.89. The van der Waals surface area contributed by atoms with Crippen LogP contribution in [0.2, 0.25) is 0 Å². The van der Waals surface area contributed by atoms with E-state index in [-0.39, 0.29) is 53.9 Å². The van der Waals surface area contributed by atoms with E-state index in [1.54, 1.807) is 23.1 Å². The highest BCUT2D eigenvalue weighted by Crippen LogP contribution is 2.45. The van der Waals surface area contributed by atoms with Crippen LogP contribution in [0, 0.1) is 5.82 Å². The molecule has 0 bridgehead atoms. The SMILES string of the molecule is COc1ccc([C@@H]2C[C@H](C(F)(F)F)n3nc(-c4ccc(C(=O)N5CCNCC5)c(F)c4)cc3N2)cc1OC.Cl.Cl. The van der Waals surface area contributed by atoms with E-state index in [4.69, 9.17) is 9.47 Å². The van der Waals surface area contributed by atoms with Crippen molar-refractivity contribution in [2.45, 2.75) is 24.7 Å². The second kappa shape index (κ2) is 12.5. The van der Waals surface area contributed by atoms with Gasteiger partial charge in [0, 0.05) is 44.2 Å². The molecule has 0 saturated carbocycles. The van der Waals surface area contributed by atoms with Crippen molar-refractivity contribution in [1.82, 2.24) is 20.0 Å². The summed E-state index contributed by atoms with van der Waals surface area (Å²) >= 11 is 0. The van der Waals surface area contributed by atoms with E-state index < -0.39 is 30.0 Å². The zero-order chi connectivity index (χ0) is 27.0. The van der Waals surface area contributed by atoms with Crippen LogP contribution in [0.1, 0.15) is 34.4 Å². The second-order valence-corrected chi connectivity index (χ2v) is 9.20. The van der Waals surface area contributed by atoms with Crippen LogP contribution in [0.5, 0.6) is 11.5 Å². The molecule has 0 unspecified atom stereocenters. The van der Waals surface area contributed by atoms with E-state index in [1.165, 1.54) is 32.4 Å². The fraction of sp³-hybridized carbons (Fsp3) is 0.385. The molecule has 0 radical (unpaired) electrons. The minimum Gasteiger partial charge on any atom is -0.493 e. The monoisotopic (exact) mass is 605 g/mol. The van der Waals surface area contributed by atoms with Crippen molar-refractivity contribution in [3.8, 4) is 22.8 Å². The number of halogens is 6. The Balaban J connectivity index is 0.00000220. The number of aromatic nitrogens is 2. The van der Waals surface area contributed by atoms with Gasteiger partial charge >= 0.3 is 6.18 Å². The van der Waals surface area contributed by atoms with Crippen LogP contribution in [0.3, 0.4) is 0 Å². The maximum Gasteiger partial charge on any atom is 0.410 e. The summed E-state index contributed by atoms with van der Waals surface area (Å²) in [4.78, 5) is 14.3.